The Morgan fingerprint density at radius 1 is 0.800 bits per heavy atom. The van der Waals surface area contributed by atoms with Crippen molar-refractivity contribution in [3.8, 4) is 0 Å². The average Bonchev–Trinajstić information content (AvgIpc) is 2.62. The Hall–Kier alpha value is -1.52. The number of esters is 1. The number of hydrogen-bond donors (Lipinski definition) is 2. The van der Waals surface area contributed by atoms with Crippen molar-refractivity contribution < 1.29 is 14.3 Å². The first kappa shape index (κ1) is 23.5. The second-order valence-electron chi connectivity index (χ2n) is 6.39. The Morgan fingerprint density at radius 2 is 1.36 bits per heavy atom. The van der Waals surface area contributed by atoms with Crippen LogP contribution in [0.25, 0.3) is 0 Å². The van der Waals surface area contributed by atoms with Crippen molar-refractivity contribution in [2.75, 3.05) is 20.2 Å². The molecule has 0 radical (unpaired) electrons. The van der Waals surface area contributed by atoms with E-state index < -0.39 is 0 Å². The fourth-order valence-electron chi connectivity index (χ4n) is 2.45. The zero-order valence-electron chi connectivity index (χ0n) is 16.3. The van der Waals surface area contributed by atoms with Crippen LogP contribution in [0.1, 0.15) is 84.0 Å². The number of methoxy groups -OCH3 is 1. The third-order valence-corrected chi connectivity index (χ3v) is 4.05. The summed E-state index contributed by atoms with van der Waals surface area (Å²) in [6, 6.07) is -0.0427. The zero-order valence-corrected chi connectivity index (χ0v) is 16.3. The van der Waals surface area contributed by atoms with Crippen LogP contribution in [-0.2, 0) is 9.53 Å². The molecule has 0 aliphatic carbocycles. The summed E-state index contributed by atoms with van der Waals surface area (Å²) in [7, 11) is 1.44. The lowest BCUT2D eigenvalue weighted by atomic mass is 10.1. The van der Waals surface area contributed by atoms with Gasteiger partial charge in [0.2, 0.25) is 0 Å². The Morgan fingerprint density at radius 3 is 1.96 bits per heavy atom. The number of urea groups is 1. The van der Waals surface area contributed by atoms with Crippen molar-refractivity contribution in [2.45, 2.75) is 84.0 Å². The van der Waals surface area contributed by atoms with Gasteiger partial charge in [-0.1, -0.05) is 44.8 Å². The molecular formula is C20H38N2O3. The number of rotatable bonds is 16. The molecule has 146 valence electrons. The number of allylic oxidation sites excluding steroid dienone is 2. The van der Waals surface area contributed by atoms with Gasteiger partial charge in [-0.05, 0) is 44.9 Å². The monoisotopic (exact) mass is 354 g/mol. The zero-order chi connectivity index (χ0) is 18.6. The van der Waals surface area contributed by atoms with Crippen LogP contribution in [0.2, 0.25) is 0 Å². The van der Waals surface area contributed by atoms with Gasteiger partial charge in [0.15, 0.2) is 0 Å². The van der Waals surface area contributed by atoms with Gasteiger partial charge in [-0.15, -0.1) is 0 Å². The van der Waals surface area contributed by atoms with Gasteiger partial charge in [0, 0.05) is 19.5 Å². The van der Waals surface area contributed by atoms with Gasteiger partial charge >= 0.3 is 12.0 Å². The van der Waals surface area contributed by atoms with Crippen molar-refractivity contribution in [1.82, 2.24) is 10.6 Å². The first-order valence-corrected chi connectivity index (χ1v) is 9.94. The lowest BCUT2D eigenvalue weighted by molar-refractivity contribution is -0.140. The molecule has 0 bridgehead atoms. The highest BCUT2D eigenvalue weighted by Crippen LogP contribution is 2.07. The minimum Gasteiger partial charge on any atom is -0.469 e. The lowest BCUT2D eigenvalue weighted by Crippen LogP contribution is -2.36. The first-order valence-electron chi connectivity index (χ1n) is 9.94. The van der Waals surface area contributed by atoms with Crippen LogP contribution in [0.5, 0.6) is 0 Å². The number of unbranched alkanes of at least 4 members (excludes halogenated alkanes) is 8. The number of carbonyl (C=O) groups is 2. The van der Waals surface area contributed by atoms with Gasteiger partial charge in [0.25, 0.3) is 0 Å². The molecule has 0 unspecified atom stereocenters. The number of nitrogens with one attached hydrogen (secondary N) is 2. The summed E-state index contributed by atoms with van der Waals surface area (Å²) in [6.07, 6.45) is 17.1. The van der Waals surface area contributed by atoms with Gasteiger partial charge in [-0.25, -0.2) is 4.79 Å². The summed E-state index contributed by atoms with van der Waals surface area (Å²) in [5.41, 5.74) is 0. The van der Waals surface area contributed by atoms with Gasteiger partial charge in [-0.2, -0.15) is 0 Å². The fourth-order valence-corrected chi connectivity index (χ4v) is 2.45. The van der Waals surface area contributed by atoms with Crippen LogP contribution in [0.3, 0.4) is 0 Å². The highest BCUT2D eigenvalue weighted by atomic mass is 16.5. The van der Waals surface area contributed by atoms with Crippen molar-refractivity contribution in [2.24, 2.45) is 0 Å². The molecule has 0 aromatic carbocycles. The molecule has 5 heteroatoms. The number of carbonyl (C=O) groups excluding carboxylic acids is 2. The summed E-state index contributed by atoms with van der Waals surface area (Å²) in [5.74, 6) is -0.108. The quantitative estimate of drug-likeness (QED) is 0.239. The van der Waals surface area contributed by atoms with Gasteiger partial charge < -0.3 is 15.4 Å². The summed E-state index contributed by atoms with van der Waals surface area (Å²) in [4.78, 5) is 22.4. The highest BCUT2D eigenvalue weighted by Gasteiger charge is 1.99. The maximum absolute atomic E-state index is 11.5. The second-order valence-corrected chi connectivity index (χ2v) is 6.39. The van der Waals surface area contributed by atoms with Crippen LogP contribution in [0.15, 0.2) is 12.2 Å². The van der Waals surface area contributed by atoms with Crippen molar-refractivity contribution >= 4 is 12.0 Å². The third-order valence-electron chi connectivity index (χ3n) is 4.05. The number of amides is 2. The largest absolute Gasteiger partial charge is 0.469 e. The van der Waals surface area contributed by atoms with E-state index in [4.69, 9.17) is 0 Å². The van der Waals surface area contributed by atoms with E-state index in [0.29, 0.717) is 6.42 Å². The third kappa shape index (κ3) is 18.7. The van der Waals surface area contributed by atoms with Gasteiger partial charge in [0.05, 0.1) is 7.11 Å². The first-order chi connectivity index (χ1) is 12.2. The van der Waals surface area contributed by atoms with Crippen LogP contribution in [0.4, 0.5) is 4.79 Å². The topological polar surface area (TPSA) is 67.4 Å². The maximum Gasteiger partial charge on any atom is 0.314 e. The van der Waals surface area contributed by atoms with E-state index in [1.807, 2.05) is 0 Å². The fraction of sp³-hybridized carbons (Fsp3) is 0.800. The minimum atomic E-state index is -0.108. The smallest absolute Gasteiger partial charge is 0.314 e. The van der Waals surface area contributed by atoms with E-state index >= 15 is 0 Å². The summed E-state index contributed by atoms with van der Waals surface area (Å²) in [6.45, 7) is 3.67. The van der Waals surface area contributed by atoms with Crippen molar-refractivity contribution in [3.05, 3.63) is 12.2 Å². The van der Waals surface area contributed by atoms with E-state index in [0.717, 1.165) is 58.0 Å². The maximum atomic E-state index is 11.5. The standard InChI is InChI=1S/C20H38N2O3/c1-3-4-14-17-21-20(24)22-18-15-12-10-8-6-5-7-9-11-13-16-19(23)25-2/h6,8H,3-5,7,9-18H2,1-2H3,(H2,21,22,24)/b8-6-. The van der Waals surface area contributed by atoms with E-state index in [-0.39, 0.29) is 12.0 Å². The van der Waals surface area contributed by atoms with Crippen LogP contribution < -0.4 is 10.6 Å². The average molecular weight is 355 g/mol. The molecule has 5 nitrogen and oxygen atoms in total. The summed E-state index contributed by atoms with van der Waals surface area (Å²) < 4.78 is 4.61. The molecule has 0 rings (SSSR count). The number of hydrogen-bond acceptors (Lipinski definition) is 3. The molecule has 0 aromatic rings. The van der Waals surface area contributed by atoms with E-state index in [1.54, 1.807) is 0 Å². The highest BCUT2D eigenvalue weighted by molar-refractivity contribution is 5.73. The molecule has 0 saturated heterocycles. The summed E-state index contributed by atoms with van der Waals surface area (Å²) in [5, 5.41) is 5.77. The summed E-state index contributed by atoms with van der Waals surface area (Å²) >= 11 is 0. The predicted molar refractivity (Wildman–Crippen MR) is 104 cm³/mol. The Bertz CT molecular complexity index is 357. The molecule has 2 N–H and O–H groups in total. The van der Waals surface area contributed by atoms with E-state index in [1.165, 1.54) is 32.8 Å². The lowest BCUT2D eigenvalue weighted by Gasteiger charge is -2.06. The van der Waals surface area contributed by atoms with E-state index in [2.05, 4.69) is 34.4 Å². The Balaban J connectivity index is 3.25. The van der Waals surface area contributed by atoms with Gasteiger partial charge in [0.1, 0.15) is 0 Å². The minimum absolute atomic E-state index is 0.0427. The molecule has 0 atom stereocenters. The molecule has 0 aliphatic heterocycles. The SMILES string of the molecule is CCCCCNC(=O)NCCCC/C=C\CCCCCCC(=O)OC. The van der Waals surface area contributed by atoms with Crippen LogP contribution in [0, 0.1) is 0 Å². The van der Waals surface area contributed by atoms with Crippen molar-refractivity contribution in [3.63, 3.8) is 0 Å². The molecule has 0 aromatic heterocycles. The van der Waals surface area contributed by atoms with Crippen LogP contribution >= 0.6 is 0 Å². The van der Waals surface area contributed by atoms with Gasteiger partial charge in [-0.3, -0.25) is 4.79 Å². The van der Waals surface area contributed by atoms with E-state index in [9.17, 15) is 9.59 Å². The predicted octanol–water partition coefficient (Wildman–Crippen LogP) is 4.72. The normalized spacial score (nSPS) is 10.8. The molecule has 25 heavy (non-hydrogen) atoms. The molecule has 2 amide bonds. The Kier molecular flexibility index (Phi) is 17.7. The number of ether oxygens (including phenoxy) is 1. The molecular weight excluding hydrogens is 316 g/mol. The molecule has 0 fully saturated rings. The van der Waals surface area contributed by atoms with Crippen LogP contribution in [-0.4, -0.2) is 32.2 Å². The second kappa shape index (κ2) is 18.8. The molecule has 0 saturated carbocycles. The molecule has 0 heterocycles. The Labute approximate surface area is 154 Å². The van der Waals surface area contributed by atoms with Crippen molar-refractivity contribution in [1.29, 1.82) is 0 Å². The molecule has 0 spiro atoms. The molecule has 0 aliphatic rings.